The summed E-state index contributed by atoms with van der Waals surface area (Å²) in [6.07, 6.45) is -0.0369. The summed E-state index contributed by atoms with van der Waals surface area (Å²) in [6.45, 7) is 34.6. The fourth-order valence-corrected chi connectivity index (χ4v) is 7.49. The van der Waals surface area contributed by atoms with Crippen LogP contribution in [-0.2, 0) is 27.9 Å². The minimum absolute atomic E-state index is 0.0369. The number of fused-ring (bicyclic) bond motifs is 1. The normalized spacial score (nSPS) is 27.4. The van der Waals surface area contributed by atoms with Crippen molar-refractivity contribution in [2.75, 3.05) is 19.8 Å². The van der Waals surface area contributed by atoms with Gasteiger partial charge in [-0.05, 0) is 64.0 Å². The number of rotatable bonds is 6. The Morgan fingerprint density at radius 3 is 1.95 bits per heavy atom. The standard InChI is InChI=1S/C15H29N3O3Si.C15H29NO3Si/c1-11(17-16)13(19)18-12(9-20-15(18,5)6)10-21-22(7,8)14(2,3)4;1-10-12(19-20(7,8)14(2,3)4)11-9-18-15(5,6)16(11)13(10)17/h12H,9-10H2,1-8H3;10-12H,9H2,1-8H3/t12-;10-,11+,12-/m10/s1. The second kappa shape index (κ2) is 12.2. The molecule has 242 valence electrons. The molecule has 0 aromatic rings. The first-order valence-corrected chi connectivity index (χ1v) is 21.0. The van der Waals surface area contributed by atoms with Crippen molar-refractivity contribution in [1.82, 2.24) is 9.80 Å². The summed E-state index contributed by atoms with van der Waals surface area (Å²) in [4.78, 5) is 31.5. The van der Waals surface area contributed by atoms with Crippen LogP contribution in [0.5, 0.6) is 0 Å². The van der Waals surface area contributed by atoms with E-state index in [-0.39, 0.29) is 51.7 Å². The van der Waals surface area contributed by atoms with E-state index in [2.05, 4.69) is 72.5 Å². The monoisotopic (exact) mass is 626 g/mol. The second-order valence-corrected chi connectivity index (χ2v) is 25.6. The molecule has 3 aliphatic heterocycles. The van der Waals surface area contributed by atoms with Crippen LogP contribution in [0, 0.1) is 5.92 Å². The van der Waals surface area contributed by atoms with E-state index in [9.17, 15) is 9.59 Å². The van der Waals surface area contributed by atoms with Gasteiger partial charge >= 0.3 is 11.6 Å². The average Bonchev–Trinajstić information content (AvgIpc) is 3.40. The van der Waals surface area contributed by atoms with Crippen LogP contribution in [0.3, 0.4) is 0 Å². The summed E-state index contributed by atoms with van der Waals surface area (Å²) in [5.41, 5.74) is 7.68. The fourth-order valence-electron chi connectivity index (χ4n) is 5.05. The van der Waals surface area contributed by atoms with Gasteiger partial charge in [0, 0.05) is 6.92 Å². The zero-order chi connectivity index (χ0) is 32.9. The van der Waals surface area contributed by atoms with Gasteiger partial charge in [0.2, 0.25) is 5.91 Å². The highest BCUT2D eigenvalue weighted by Crippen LogP contribution is 2.44. The zero-order valence-corrected chi connectivity index (χ0v) is 31.2. The average molecular weight is 627 g/mol. The first-order valence-electron chi connectivity index (χ1n) is 15.2. The highest BCUT2D eigenvalue weighted by molar-refractivity contribution is 6.74. The van der Waals surface area contributed by atoms with Gasteiger partial charge in [-0.3, -0.25) is 14.5 Å². The lowest BCUT2D eigenvalue weighted by molar-refractivity contribution is -0.145. The molecule has 3 rings (SSSR count). The van der Waals surface area contributed by atoms with E-state index in [4.69, 9.17) is 23.9 Å². The molecule has 0 radical (unpaired) electrons. The molecular formula is C30H58N4O6Si2. The van der Waals surface area contributed by atoms with Crippen molar-refractivity contribution < 1.29 is 32.7 Å². The second-order valence-electron chi connectivity index (χ2n) is 16.0. The first kappa shape index (κ1) is 36.8. The van der Waals surface area contributed by atoms with Crippen LogP contribution in [0.25, 0.3) is 5.53 Å². The van der Waals surface area contributed by atoms with Crippen LogP contribution in [0.1, 0.15) is 83.1 Å². The predicted molar refractivity (Wildman–Crippen MR) is 170 cm³/mol. The number of carbonyl (C=O) groups excluding carboxylic acids is 2. The van der Waals surface area contributed by atoms with Gasteiger partial charge in [-0.2, -0.15) is 4.79 Å². The Morgan fingerprint density at radius 1 is 0.976 bits per heavy atom. The minimum atomic E-state index is -1.89. The Kier molecular flexibility index (Phi) is 10.7. The third-order valence-corrected chi connectivity index (χ3v) is 18.9. The van der Waals surface area contributed by atoms with Gasteiger partial charge in [0.15, 0.2) is 16.6 Å². The molecule has 0 aromatic heterocycles. The van der Waals surface area contributed by atoms with Crippen molar-refractivity contribution in [2.24, 2.45) is 5.92 Å². The predicted octanol–water partition coefficient (Wildman–Crippen LogP) is 5.65. The Bertz CT molecular complexity index is 1070. The highest BCUT2D eigenvalue weighted by Gasteiger charge is 2.58. The number of ether oxygens (including phenoxy) is 2. The molecule has 2 amide bonds. The molecular weight excluding hydrogens is 569 g/mol. The van der Waals surface area contributed by atoms with Crippen LogP contribution in [0.2, 0.25) is 36.3 Å². The van der Waals surface area contributed by atoms with Crippen LogP contribution in [0.4, 0.5) is 0 Å². The van der Waals surface area contributed by atoms with Crippen molar-refractivity contribution in [3.05, 3.63) is 5.53 Å². The summed E-state index contributed by atoms with van der Waals surface area (Å²) in [7, 11) is -3.77. The van der Waals surface area contributed by atoms with E-state index in [0.717, 1.165) is 0 Å². The van der Waals surface area contributed by atoms with Gasteiger partial charge in [0.1, 0.15) is 11.4 Å². The Labute approximate surface area is 256 Å². The lowest BCUT2D eigenvalue weighted by Crippen LogP contribution is -2.53. The number of nitrogens with zero attached hydrogens (tertiary/aromatic N) is 4. The molecule has 4 atom stereocenters. The molecule has 0 aliphatic carbocycles. The molecule has 3 fully saturated rings. The lowest BCUT2D eigenvalue weighted by Gasteiger charge is -2.40. The summed E-state index contributed by atoms with van der Waals surface area (Å²) in [6, 6.07) is -0.102. The maximum absolute atomic E-state index is 12.5. The molecule has 3 aliphatic rings. The number of carbonyl (C=O) groups is 2. The maximum Gasteiger partial charge on any atom is 0.353 e. The molecule has 0 aromatic carbocycles. The van der Waals surface area contributed by atoms with E-state index in [1.807, 2.05) is 39.5 Å². The van der Waals surface area contributed by atoms with Gasteiger partial charge in [0.25, 0.3) is 0 Å². The third kappa shape index (κ3) is 7.44. The lowest BCUT2D eigenvalue weighted by atomic mass is 10.0. The zero-order valence-electron chi connectivity index (χ0n) is 29.2. The van der Waals surface area contributed by atoms with E-state index in [0.29, 0.717) is 19.8 Å². The summed E-state index contributed by atoms with van der Waals surface area (Å²) in [5, 5.41) is 0.261. The van der Waals surface area contributed by atoms with Crippen LogP contribution < -0.4 is 0 Å². The highest BCUT2D eigenvalue weighted by atomic mass is 28.4. The van der Waals surface area contributed by atoms with E-state index < -0.39 is 28.1 Å². The van der Waals surface area contributed by atoms with E-state index in [1.54, 1.807) is 4.90 Å². The molecule has 10 nitrogen and oxygen atoms in total. The fraction of sp³-hybridized carbons (Fsp3) is 0.900. The van der Waals surface area contributed by atoms with Crippen molar-refractivity contribution in [3.63, 3.8) is 0 Å². The quantitative estimate of drug-likeness (QED) is 0.163. The Hall–Kier alpha value is -1.41. The van der Waals surface area contributed by atoms with E-state index >= 15 is 0 Å². The topological polar surface area (TPSA) is 114 Å². The van der Waals surface area contributed by atoms with Gasteiger partial charge in [-0.1, -0.05) is 48.5 Å². The van der Waals surface area contributed by atoms with Crippen molar-refractivity contribution in [1.29, 1.82) is 0 Å². The van der Waals surface area contributed by atoms with E-state index in [1.165, 1.54) is 6.92 Å². The summed E-state index contributed by atoms with van der Waals surface area (Å²) in [5.74, 6) is -0.229. The van der Waals surface area contributed by atoms with Gasteiger partial charge in [-0.15, -0.1) is 0 Å². The number of amides is 2. The maximum atomic E-state index is 12.5. The number of hydrogen-bond donors (Lipinski definition) is 0. The molecule has 0 saturated carbocycles. The molecule has 0 N–H and O–H groups in total. The van der Waals surface area contributed by atoms with Crippen LogP contribution in [0.15, 0.2) is 0 Å². The molecule has 0 spiro atoms. The first-order chi connectivity index (χ1) is 18.7. The SMILES string of the molecule is CC(=[N+]=[N-])C(=O)N1[C@@H](CO[Si](C)(C)C(C)(C)C)COC1(C)C.C[C@@H]1C(=O)N2[C@H](COC2(C)C)[C@H]1O[Si](C)(C)C(C)(C)C. The molecule has 12 heteroatoms. The minimum Gasteiger partial charge on any atom is -0.415 e. The van der Waals surface area contributed by atoms with Crippen molar-refractivity contribution in [2.45, 2.75) is 149 Å². The van der Waals surface area contributed by atoms with Gasteiger partial charge in [-0.25, -0.2) is 0 Å². The van der Waals surface area contributed by atoms with Gasteiger partial charge < -0.3 is 28.8 Å². The summed E-state index contributed by atoms with van der Waals surface area (Å²) >= 11 is 0. The molecule has 0 unspecified atom stereocenters. The molecule has 3 saturated heterocycles. The van der Waals surface area contributed by atoms with Crippen molar-refractivity contribution >= 4 is 34.2 Å². The molecule has 0 bridgehead atoms. The van der Waals surface area contributed by atoms with Gasteiger partial charge in [0.05, 0.1) is 43.9 Å². The van der Waals surface area contributed by atoms with Crippen molar-refractivity contribution in [3.8, 4) is 0 Å². The molecule has 42 heavy (non-hydrogen) atoms. The third-order valence-electron chi connectivity index (χ3n) is 9.95. The Morgan fingerprint density at radius 2 is 1.48 bits per heavy atom. The summed E-state index contributed by atoms with van der Waals surface area (Å²) < 4.78 is 24.3. The molecule has 3 heterocycles. The Balaban J connectivity index is 0.000000294. The van der Waals surface area contributed by atoms with Crippen LogP contribution in [-0.4, -0.2) is 98.2 Å². The number of hydrogen-bond acceptors (Lipinski definition) is 6. The largest absolute Gasteiger partial charge is 0.415 e. The smallest absolute Gasteiger partial charge is 0.353 e. The van der Waals surface area contributed by atoms with Crippen LogP contribution >= 0.6 is 0 Å².